The third kappa shape index (κ3) is 8.34. The van der Waals surface area contributed by atoms with Gasteiger partial charge in [0.2, 0.25) is 11.8 Å². The third-order valence-electron chi connectivity index (χ3n) is 5.02. The van der Waals surface area contributed by atoms with Crippen LogP contribution in [-0.2, 0) is 21.9 Å². The number of hydrogen-bond acceptors (Lipinski definition) is 3. The fourth-order valence-electron chi connectivity index (χ4n) is 3.20. The molecule has 0 bridgehead atoms. The Bertz CT molecular complexity index is 903. The number of thioether (sulfide) groups is 1. The Kier molecular flexibility index (Phi) is 10.9. The molecule has 0 aliphatic heterocycles. The van der Waals surface area contributed by atoms with Gasteiger partial charge in [0.1, 0.15) is 6.04 Å². The van der Waals surface area contributed by atoms with Gasteiger partial charge in [0.15, 0.2) is 0 Å². The van der Waals surface area contributed by atoms with Crippen LogP contribution in [0.5, 0.6) is 0 Å². The topological polar surface area (TPSA) is 49.4 Å². The largest absolute Gasteiger partial charge is 0.354 e. The molecule has 4 nitrogen and oxygen atoms in total. The number of amides is 2. The molecule has 32 heavy (non-hydrogen) atoms. The Balaban J connectivity index is 2.14. The molecule has 0 aliphatic rings. The summed E-state index contributed by atoms with van der Waals surface area (Å²) in [4.78, 5) is 27.8. The summed E-state index contributed by atoms with van der Waals surface area (Å²) in [6.45, 7) is 8.94. The maximum absolute atomic E-state index is 13.3. The third-order valence-corrected chi connectivity index (χ3v) is 6.75. The molecule has 0 saturated carbocycles. The smallest absolute Gasteiger partial charge is 0.242 e. The zero-order valence-electron chi connectivity index (χ0n) is 19.2. The van der Waals surface area contributed by atoms with Crippen molar-refractivity contribution < 1.29 is 9.59 Å². The first-order valence-electron chi connectivity index (χ1n) is 10.9. The van der Waals surface area contributed by atoms with Crippen molar-refractivity contribution in [2.75, 3.05) is 12.3 Å². The van der Waals surface area contributed by atoms with E-state index in [1.165, 1.54) is 11.1 Å². The second kappa shape index (κ2) is 13.1. The number of benzene rings is 2. The molecule has 2 aromatic carbocycles. The number of hydrogen-bond donors (Lipinski definition) is 1. The molecule has 0 heterocycles. The zero-order valence-corrected chi connectivity index (χ0v) is 21.5. The van der Waals surface area contributed by atoms with Crippen molar-refractivity contribution >= 4 is 46.8 Å². The molecule has 2 rings (SSSR count). The zero-order chi connectivity index (χ0) is 23.7. The molecule has 0 aromatic heterocycles. The second-order valence-corrected chi connectivity index (χ2v) is 10.1. The van der Waals surface area contributed by atoms with E-state index in [0.717, 1.165) is 11.3 Å². The van der Waals surface area contributed by atoms with Gasteiger partial charge >= 0.3 is 0 Å². The van der Waals surface area contributed by atoms with Crippen molar-refractivity contribution in [3.05, 3.63) is 69.2 Å². The van der Waals surface area contributed by atoms with E-state index in [4.69, 9.17) is 23.2 Å². The van der Waals surface area contributed by atoms with Crippen LogP contribution in [0.15, 0.2) is 42.5 Å². The van der Waals surface area contributed by atoms with Gasteiger partial charge in [-0.1, -0.05) is 79.9 Å². The number of nitrogens with zero attached hydrogens (tertiary/aromatic N) is 1. The molecule has 0 spiro atoms. The fourth-order valence-corrected chi connectivity index (χ4v) is 4.39. The molecular weight excluding hydrogens is 463 g/mol. The summed E-state index contributed by atoms with van der Waals surface area (Å²) < 4.78 is 0. The van der Waals surface area contributed by atoms with Crippen LogP contribution in [0.2, 0.25) is 10.0 Å². The second-order valence-electron chi connectivity index (χ2n) is 8.31. The Labute approximate surface area is 206 Å². The number of carbonyl (C=O) groups is 2. The van der Waals surface area contributed by atoms with Crippen LogP contribution >= 0.6 is 35.0 Å². The van der Waals surface area contributed by atoms with Crippen molar-refractivity contribution in [3.8, 4) is 0 Å². The van der Waals surface area contributed by atoms with Gasteiger partial charge < -0.3 is 10.2 Å². The van der Waals surface area contributed by atoms with Crippen molar-refractivity contribution in [2.45, 2.75) is 52.5 Å². The minimum atomic E-state index is -0.546. The van der Waals surface area contributed by atoms with Gasteiger partial charge in [0, 0.05) is 18.8 Å². The van der Waals surface area contributed by atoms with Gasteiger partial charge in [0.25, 0.3) is 0 Å². The molecule has 1 N–H and O–H groups in total. The lowest BCUT2D eigenvalue weighted by atomic mass is 10.1. The summed E-state index contributed by atoms with van der Waals surface area (Å²) in [6, 6.07) is 13.1. The van der Waals surface area contributed by atoms with Crippen LogP contribution in [0.25, 0.3) is 0 Å². The number of halogens is 2. The summed E-state index contributed by atoms with van der Waals surface area (Å²) >= 11 is 13.8. The molecule has 0 aliphatic carbocycles. The van der Waals surface area contributed by atoms with Crippen molar-refractivity contribution in [3.63, 3.8) is 0 Å². The van der Waals surface area contributed by atoms with E-state index in [-0.39, 0.29) is 11.8 Å². The highest BCUT2D eigenvalue weighted by atomic mass is 35.5. The molecule has 174 valence electrons. The Morgan fingerprint density at radius 1 is 1.03 bits per heavy atom. The number of rotatable bonds is 11. The molecule has 2 amide bonds. The quantitative estimate of drug-likeness (QED) is 0.409. The minimum Gasteiger partial charge on any atom is -0.354 e. The van der Waals surface area contributed by atoms with Gasteiger partial charge in [-0.2, -0.15) is 0 Å². The molecule has 0 saturated heterocycles. The lowest BCUT2D eigenvalue weighted by molar-refractivity contribution is -0.139. The van der Waals surface area contributed by atoms with E-state index in [9.17, 15) is 9.59 Å². The van der Waals surface area contributed by atoms with E-state index in [2.05, 4.69) is 36.5 Å². The van der Waals surface area contributed by atoms with E-state index in [1.807, 2.05) is 26.8 Å². The van der Waals surface area contributed by atoms with Crippen LogP contribution in [0.1, 0.15) is 43.9 Å². The summed E-state index contributed by atoms with van der Waals surface area (Å²) in [7, 11) is 0. The van der Waals surface area contributed by atoms with Gasteiger partial charge in [-0.05, 0) is 42.5 Å². The summed E-state index contributed by atoms with van der Waals surface area (Å²) in [6.07, 6.45) is 0.527. The van der Waals surface area contributed by atoms with Crippen LogP contribution in [-0.4, -0.2) is 35.1 Å². The maximum Gasteiger partial charge on any atom is 0.242 e. The fraction of sp³-hybridized carbons (Fsp3) is 0.440. The monoisotopic (exact) mass is 494 g/mol. The highest BCUT2D eigenvalue weighted by Crippen LogP contribution is 2.24. The first-order chi connectivity index (χ1) is 15.2. The lowest BCUT2D eigenvalue weighted by Gasteiger charge is -2.31. The molecule has 0 radical (unpaired) electrons. The van der Waals surface area contributed by atoms with Gasteiger partial charge in [-0.25, -0.2) is 0 Å². The molecule has 7 heteroatoms. The van der Waals surface area contributed by atoms with Crippen LogP contribution < -0.4 is 5.32 Å². The molecular formula is C25H32Cl2N2O2S. The number of nitrogens with one attached hydrogen (secondary N) is 1. The molecule has 0 fully saturated rings. The Morgan fingerprint density at radius 2 is 1.69 bits per heavy atom. The highest BCUT2D eigenvalue weighted by Gasteiger charge is 2.28. The molecule has 1 atom stereocenters. The van der Waals surface area contributed by atoms with Crippen LogP contribution in [0, 0.1) is 12.8 Å². The summed E-state index contributed by atoms with van der Waals surface area (Å²) in [5, 5.41) is 3.87. The van der Waals surface area contributed by atoms with Gasteiger partial charge in [-0.3, -0.25) is 9.59 Å². The maximum atomic E-state index is 13.3. The first-order valence-corrected chi connectivity index (χ1v) is 12.8. The SMILES string of the molecule is CC[C@H](C(=O)NCC(C)C)N(Cc1ccc(Cl)c(Cl)c1)C(=O)CSCc1ccc(C)cc1. The molecule has 0 unspecified atom stereocenters. The normalized spacial score (nSPS) is 12.0. The first kappa shape index (κ1) is 26.6. The highest BCUT2D eigenvalue weighted by molar-refractivity contribution is 7.99. The Hall–Kier alpha value is -1.69. The van der Waals surface area contributed by atoms with Crippen molar-refractivity contribution in [1.82, 2.24) is 10.2 Å². The average molecular weight is 496 g/mol. The number of aryl methyl sites for hydroxylation is 1. The van der Waals surface area contributed by atoms with Gasteiger partial charge in [-0.15, -0.1) is 11.8 Å². The van der Waals surface area contributed by atoms with E-state index < -0.39 is 6.04 Å². The predicted octanol–water partition coefficient (Wildman–Crippen LogP) is 6.11. The van der Waals surface area contributed by atoms with E-state index in [1.54, 1.807) is 28.8 Å². The predicted molar refractivity (Wildman–Crippen MR) is 136 cm³/mol. The minimum absolute atomic E-state index is 0.0697. The van der Waals surface area contributed by atoms with Crippen molar-refractivity contribution in [1.29, 1.82) is 0 Å². The number of carbonyl (C=O) groups excluding carboxylic acids is 2. The van der Waals surface area contributed by atoms with Crippen molar-refractivity contribution in [2.24, 2.45) is 5.92 Å². The Morgan fingerprint density at radius 3 is 2.28 bits per heavy atom. The summed E-state index contributed by atoms with van der Waals surface area (Å²) in [5.41, 5.74) is 3.22. The van der Waals surface area contributed by atoms with E-state index >= 15 is 0 Å². The average Bonchev–Trinajstić information content (AvgIpc) is 2.75. The lowest BCUT2D eigenvalue weighted by Crippen LogP contribution is -2.50. The van der Waals surface area contributed by atoms with Crippen LogP contribution in [0.4, 0.5) is 0 Å². The molecule has 2 aromatic rings. The van der Waals surface area contributed by atoms with Crippen LogP contribution in [0.3, 0.4) is 0 Å². The van der Waals surface area contributed by atoms with Gasteiger partial charge in [0.05, 0.1) is 15.8 Å². The standard InChI is InChI=1S/C25H32Cl2N2O2S/c1-5-23(25(31)28-13-17(2)3)29(14-20-10-11-21(26)22(27)12-20)24(30)16-32-15-19-8-6-18(4)7-9-19/h6-12,17,23H,5,13-16H2,1-4H3,(H,28,31)/t23-/m1/s1. The van der Waals surface area contributed by atoms with E-state index in [0.29, 0.717) is 41.2 Å². The summed E-state index contributed by atoms with van der Waals surface area (Å²) in [5.74, 6) is 1.17.